The second-order valence-electron chi connectivity index (χ2n) is 6.64. The van der Waals surface area contributed by atoms with Gasteiger partial charge in [-0.2, -0.15) is 0 Å². The predicted octanol–water partition coefficient (Wildman–Crippen LogP) is 4.69. The van der Waals surface area contributed by atoms with Gasteiger partial charge in [-0.25, -0.2) is 9.97 Å². The highest BCUT2D eigenvalue weighted by molar-refractivity contribution is 6.32. The highest BCUT2D eigenvalue weighted by Crippen LogP contribution is 2.30. The molecule has 4 aromatic rings. The van der Waals surface area contributed by atoms with Gasteiger partial charge in [0.25, 0.3) is 0 Å². The van der Waals surface area contributed by atoms with Gasteiger partial charge in [0, 0.05) is 22.8 Å². The van der Waals surface area contributed by atoms with E-state index >= 15 is 0 Å². The van der Waals surface area contributed by atoms with Crippen LogP contribution >= 0.6 is 11.6 Å². The summed E-state index contributed by atoms with van der Waals surface area (Å²) in [6, 6.07) is 14.8. The van der Waals surface area contributed by atoms with Crippen LogP contribution in [0.15, 0.2) is 54.7 Å². The molecule has 2 aromatic carbocycles. The second kappa shape index (κ2) is 7.56. The Hall–Kier alpha value is -3.38. The highest BCUT2D eigenvalue weighted by Gasteiger charge is 2.13. The van der Waals surface area contributed by atoms with E-state index in [1.54, 1.807) is 19.2 Å². The smallest absolute Gasteiger partial charge is 0.307 e. The van der Waals surface area contributed by atoms with Crippen LogP contribution < -0.4 is 4.74 Å². The standard InChI is InChI=1S/C22H18ClN3O3/c1-13-17-9-10-26(16-6-3-14(4-7-16)11-20(27)28)22(17)25-21(24-13)15-5-8-19(29-2)18(23)12-15/h3-10,12H,11H2,1-2H3,(H,27,28). The van der Waals surface area contributed by atoms with Crippen LogP contribution in [0.1, 0.15) is 11.3 Å². The van der Waals surface area contributed by atoms with Crippen LogP contribution in [-0.4, -0.2) is 32.7 Å². The fourth-order valence-electron chi connectivity index (χ4n) is 3.26. The van der Waals surface area contributed by atoms with Gasteiger partial charge in [0.2, 0.25) is 0 Å². The van der Waals surface area contributed by atoms with Crippen molar-refractivity contribution >= 4 is 28.6 Å². The third-order valence-corrected chi connectivity index (χ3v) is 5.01. The Morgan fingerprint density at radius 3 is 2.55 bits per heavy atom. The largest absolute Gasteiger partial charge is 0.495 e. The minimum atomic E-state index is -0.852. The third kappa shape index (κ3) is 3.67. The number of methoxy groups -OCH3 is 1. The number of nitrogens with zero attached hydrogens (tertiary/aromatic N) is 3. The van der Waals surface area contributed by atoms with Crippen molar-refractivity contribution in [2.24, 2.45) is 0 Å². The fourth-order valence-corrected chi connectivity index (χ4v) is 3.51. The number of halogens is 1. The summed E-state index contributed by atoms with van der Waals surface area (Å²) >= 11 is 6.27. The molecule has 0 radical (unpaired) electrons. The molecule has 29 heavy (non-hydrogen) atoms. The molecule has 0 bridgehead atoms. The molecule has 0 atom stereocenters. The van der Waals surface area contributed by atoms with E-state index in [2.05, 4.69) is 4.98 Å². The summed E-state index contributed by atoms with van der Waals surface area (Å²) in [5.74, 6) is 0.315. The van der Waals surface area contributed by atoms with E-state index < -0.39 is 5.97 Å². The van der Waals surface area contributed by atoms with Crippen LogP contribution in [0, 0.1) is 6.92 Å². The molecule has 0 aliphatic rings. The zero-order valence-electron chi connectivity index (χ0n) is 15.9. The minimum absolute atomic E-state index is 0.00361. The second-order valence-corrected chi connectivity index (χ2v) is 7.05. The average molecular weight is 408 g/mol. The number of rotatable bonds is 5. The Bertz CT molecular complexity index is 1220. The first-order chi connectivity index (χ1) is 14.0. The van der Waals surface area contributed by atoms with E-state index in [9.17, 15) is 4.79 Å². The molecule has 0 spiro atoms. The zero-order chi connectivity index (χ0) is 20.5. The molecule has 7 heteroatoms. The van der Waals surface area contributed by atoms with Crippen molar-refractivity contribution in [3.8, 4) is 22.8 Å². The van der Waals surface area contributed by atoms with Crippen molar-refractivity contribution in [1.29, 1.82) is 0 Å². The number of carbonyl (C=O) groups is 1. The summed E-state index contributed by atoms with van der Waals surface area (Å²) in [5, 5.41) is 10.4. The minimum Gasteiger partial charge on any atom is -0.495 e. The lowest BCUT2D eigenvalue weighted by molar-refractivity contribution is -0.136. The molecule has 0 amide bonds. The lowest BCUT2D eigenvalue weighted by Gasteiger charge is -2.09. The lowest BCUT2D eigenvalue weighted by atomic mass is 10.1. The number of aryl methyl sites for hydroxylation is 1. The average Bonchev–Trinajstić information content (AvgIpc) is 3.12. The molecule has 0 aliphatic carbocycles. The number of aromatic nitrogens is 3. The van der Waals surface area contributed by atoms with Gasteiger partial charge in [0.15, 0.2) is 5.82 Å². The maximum atomic E-state index is 10.9. The van der Waals surface area contributed by atoms with Crippen molar-refractivity contribution in [1.82, 2.24) is 14.5 Å². The molecule has 0 unspecified atom stereocenters. The number of hydrogen-bond donors (Lipinski definition) is 1. The van der Waals surface area contributed by atoms with Crippen LogP contribution in [0.5, 0.6) is 5.75 Å². The Morgan fingerprint density at radius 2 is 1.90 bits per heavy atom. The quantitative estimate of drug-likeness (QED) is 0.519. The molecule has 146 valence electrons. The maximum absolute atomic E-state index is 10.9. The number of ether oxygens (including phenoxy) is 1. The van der Waals surface area contributed by atoms with Gasteiger partial charge < -0.3 is 14.4 Å². The molecule has 6 nitrogen and oxygen atoms in total. The van der Waals surface area contributed by atoms with Crippen molar-refractivity contribution in [2.45, 2.75) is 13.3 Å². The van der Waals surface area contributed by atoms with E-state index in [1.165, 1.54) is 0 Å². The highest BCUT2D eigenvalue weighted by atomic mass is 35.5. The summed E-state index contributed by atoms with van der Waals surface area (Å²) < 4.78 is 7.18. The fraction of sp³-hybridized carbons (Fsp3) is 0.136. The molecule has 4 rings (SSSR count). The molecule has 1 N–H and O–H groups in total. The van der Waals surface area contributed by atoms with E-state index in [1.807, 2.05) is 54.1 Å². The van der Waals surface area contributed by atoms with Gasteiger partial charge >= 0.3 is 5.97 Å². The van der Waals surface area contributed by atoms with Gasteiger partial charge in [0.05, 0.1) is 24.2 Å². The first-order valence-corrected chi connectivity index (χ1v) is 9.35. The van der Waals surface area contributed by atoms with Gasteiger partial charge in [-0.3, -0.25) is 4.79 Å². The summed E-state index contributed by atoms with van der Waals surface area (Å²) in [4.78, 5) is 20.3. The van der Waals surface area contributed by atoms with Crippen molar-refractivity contribution in [3.63, 3.8) is 0 Å². The summed E-state index contributed by atoms with van der Waals surface area (Å²) in [6.45, 7) is 1.94. The molecular weight excluding hydrogens is 390 g/mol. The number of hydrogen-bond acceptors (Lipinski definition) is 4. The monoisotopic (exact) mass is 407 g/mol. The number of benzene rings is 2. The molecule has 2 aromatic heterocycles. The molecule has 0 saturated carbocycles. The Morgan fingerprint density at radius 1 is 1.14 bits per heavy atom. The lowest BCUT2D eigenvalue weighted by Crippen LogP contribution is -2.01. The Kier molecular flexibility index (Phi) is 4.94. The van der Waals surface area contributed by atoms with Gasteiger partial charge in [-0.15, -0.1) is 0 Å². The van der Waals surface area contributed by atoms with Gasteiger partial charge in [-0.1, -0.05) is 23.7 Å². The van der Waals surface area contributed by atoms with Crippen LogP contribution in [0.3, 0.4) is 0 Å². The normalized spacial score (nSPS) is 11.0. The van der Waals surface area contributed by atoms with E-state index in [0.29, 0.717) is 16.6 Å². The van der Waals surface area contributed by atoms with E-state index in [0.717, 1.165) is 33.5 Å². The SMILES string of the molecule is COc1ccc(-c2nc(C)c3ccn(-c4ccc(CC(=O)O)cc4)c3n2)cc1Cl. The van der Waals surface area contributed by atoms with Crippen molar-refractivity contribution < 1.29 is 14.6 Å². The first-order valence-electron chi connectivity index (χ1n) is 8.97. The van der Waals surface area contributed by atoms with Crippen LogP contribution in [-0.2, 0) is 11.2 Å². The van der Waals surface area contributed by atoms with Crippen LogP contribution in [0.2, 0.25) is 5.02 Å². The summed E-state index contributed by atoms with van der Waals surface area (Å²) in [5.41, 5.74) is 4.07. The van der Waals surface area contributed by atoms with Crippen LogP contribution in [0.4, 0.5) is 0 Å². The van der Waals surface area contributed by atoms with Crippen LogP contribution in [0.25, 0.3) is 28.1 Å². The number of aliphatic carboxylic acids is 1. The number of carboxylic acids is 1. The van der Waals surface area contributed by atoms with Crippen molar-refractivity contribution in [2.75, 3.05) is 7.11 Å². The maximum Gasteiger partial charge on any atom is 0.307 e. The summed E-state index contributed by atoms with van der Waals surface area (Å²) in [6.07, 6.45) is 1.93. The molecule has 0 saturated heterocycles. The van der Waals surface area contributed by atoms with Crippen molar-refractivity contribution in [3.05, 3.63) is 71.0 Å². The molecule has 2 heterocycles. The van der Waals surface area contributed by atoms with E-state index in [-0.39, 0.29) is 6.42 Å². The first kappa shape index (κ1) is 19.0. The molecule has 0 fully saturated rings. The predicted molar refractivity (Wildman–Crippen MR) is 112 cm³/mol. The third-order valence-electron chi connectivity index (χ3n) is 4.71. The van der Waals surface area contributed by atoms with E-state index in [4.69, 9.17) is 26.4 Å². The molecule has 0 aliphatic heterocycles. The number of fused-ring (bicyclic) bond motifs is 1. The Labute approximate surface area is 172 Å². The molecular formula is C22H18ClN3O3. The van der Waals surface area contributed by atoms with Gasteiger partial charge in [-0.05, 0) is 48.9 Å². The van der Waals surface area contributed by atoms with Gasteiger partial charge in [0.1, 0.15) is 11.4 Å². The zero-order valence-corrected chi connectivity index (χ0v) is 16.6. The number of carboxylic acid groups (broad SMARTS) is 1. The summed E-state index contributed by atoms with van der Waals surface area (Å²) in [7, 11) is 1.57. The Balaban J connectivity index is 1.79. The topological polar surface area (TPSA) is 77.2 Å².